The number of amides is 1. The van der Waals surface area contributed by atoms with Gasteiger partial charge in [-0.2, -0.15) is 0 Å². The fourth-order valence-corrected chi connectivity index (χ4v) is 5.12. The summed E-state index contributed by atoms with van der Waals surface area (Å²) in [5.74, 6) is -0.0408. The molecule has 3 N–H and O–H groups in total. The molecule has 2 atom stereocenters. The average molecular weight is 538 g/mol. The third-order valence-electron chi connectivity index (χ3n) is 7.78. The molecule has 0 bridgehead atoms. The highest BCUT2D eigenvalue weighted by atomic mass is 16.3. The van der Waals surface area contributed by atoms with E-state index in [1.807, 2.05) is 0 Å². The number of carbonyl (C=O) groups is 1. The topological polar surface area (TPSA) is 69.6 Å². The fourth-order valence-electron chi connectivity index (χ4n) is 5.12. The molecule has 2 unspecified atom stereocenters. The Labute approximate surface area is 237 Å². The molecule has 0 aromatic heterocycles. The van der Waals surface area contributed by atoms with Gasteiger partial charge in [-0.3, -0.25) is 4.79 Å². The first-order valence-electron chi connectivity index (χ1n) is 16.9. The molecule has 0 spiro atoms. The Balaban J connectivity index is 3.45. The van der Waals surface area contributed by atoms with E-state index in [1.54, 1.807) is 0 Å². The Morgan fingerprint density at radius 2 is 1.00 bits per heavy atom. The quantitative estimate of drug-likeness (QED) is 0.0631. The van der Waals surface area contributed by atoms with Gasteiger partial charge in [0.1, 0.15) is 0 Å². The summed E-state index contributed by atoms with van der Waals surface area (Å²) in [4.78, 5) is 12.2. The van der Waals surface area contributed by atoms with Crippen molar-refractivity contribution in [2.75, 3.05) is 6.61 Å². The molecule has 0 fully saturated rings. The SMILES string of the molecule is CCCCCCCCCC/C=C\CCCCCCCCCCCC(=O)NC(CO)C(O)CCCCCCC. The summed E-state index contributed by atoms with van der Waals surface area (Å²) in [6.45, 7) is 4.27. The Bertz CT molecular complexity index is 508. The second-order valence-corrected chi connectivity index (χ2v) is 11.6. The van der Waals surface area contributed by atoms with Crippen molar-refractivity contribution < 1.29 is 15.0 Å². The lowest BCUT2D eigenvalue weighted by Gasteiger charge is -2.22. The number of nitrogens with one attached hydrogen (secondary N) is 1. The summed E-state index contributed by atoms with van der Waals surface area (Å²) in [6, 6.07) is -0.529. The minimum Gasteiger partial charge on any atom is -0.394 e. The molecule has 0 aromatic rings. The highest BCUT2D eigenvalue weighted by molar-refractivity contribution is 5.76. The first-order chi connectivity index (χ1) is 18.7. The van der Waals surface area contributed by atoms with Gasteiger partial charge in [0.05, 0.1) is 18.8 Å². The second kappa shape index (κ2) is 30.7. The maximum atomic E-state index is 12.2. The molecule has 0 aromatic carbocycles. The number of hydrogen-bond donors (Lipinski definition) is 3. The van der Waals surface area contributed by atoms with Crippen LogP contribution >= 0.6 is 0 Å². The normalized spacial score (nSPS) is 13.3. The van der Waals surface area contributed by atoms with E-state index in [-0.39, 0.29) is 12.5 Å². The lowest BCUT2D eigenvalue weighted by atomic mass is 10.0. The van der Waals surface area contributed by atoms with Crippen LogP contribution in [0.25, 0.3) is 0 Å². The van der Waals surface area contributed by atoms with Gasteiger partial charge >= 0.3 is 0 Å². The number of aliphatic hydroxyl groups excluding tert-OH is 2. The van der Waals surface area contributed by atoms with Gasteiger partial charge in [-0.05, 0) is 38.5 Å². The van der Waals surface area contributed by atoms with Crippen molar-refractivity contribution in [2.24, 2.45) is 0 Å². The summed E-state index contributed by atoms with van der Waals surface area (Å²) < 4.78 is 0. The lowest BCUT2D eigenvalue weighted by molar-refractivity contribution is -0.123. The predicted molar refractivity (Wildman–Crippen MR) is 166 cm³/mol. The predicted octanol–water partition coefficient (Wildman–Crippen LogP) is 9.56. The Morgan fingerprint density at radius 1 is 0.605 bits per heavy atom. The molecule has 0 saturated heterocycles. The van der Waals surface area contributed by atoms with Crippen LogP contribution in [0.4, 0.5) is 0 Å². The van der Waals surface area contributed by atoms with E-state index in [9.17, 15) is 15.0 Å². The fraction of sp³-hybridized carbons (Fsp3) is 0.912. The summed E-state index contributed by atoms with van der Waals surface area (Å²) in [6.07, 6.45) is 35.8. The third-order valence-corrected chi connectivity index (χ3v) is 7.78. The number of unbranched alkanes of at least 4 members (excludes halogenated alkanes) is 21. The van der Waals surface area contributed by atoms with Crippen LogP contribution in [0, 0.1) is 0 Å². The minimum atomic E-state index is -0.652. The van der Waals surface area contributed by atoms with Gasteiger partial charge in [0.15, 0.2) is 0 Å². The standard InChI is InChI=1S/C34H67NO3/c1-3-5-7-9-10-11-12-13-14-15-16-17-18-19-20-21-22-23-24-26-28-30-34(38)35-32(31-36)33(37)29-27-25-8-6-4-2/h15-16,32-33,36-37H,3-14,17-31H2,1-2H3,(H,35,38)/b16-15-. The molecular weight excluding hydrogens is 470 g/mol. The molecule has 226 valence electrons. The minimum absolute atomic E-state index is 0.0408. The molecule has 0 aliphatic carbocycles. The van der Waals surface area contributed by atoms with Crippen LogP contribution in [0.2, 0.25) is 0 Å². The van der Waals surface area contributed by atoms with Crippen LogP contribution in [0.3, 0.4) is 0 Å². The number of rotatable bonds is 30. The zero-order valence-corrected chi connectivity index (χ0v) is 25.7. The van der Waals surface area contributed by atoms with E-state index in [0.29, 0.717) is 12.8 Å². The summed E-state index contributed by atoms with van der Waals surface area (Å²) in [5, 5.41) is 22.7. The maximum Gasteiger partial charge on any atom is 0.220 e. The molecule has 4 nitrogen and oxygen atoms in total. The lowest BCUT2D eigenvalue weighted by Crippen LogP contribution is -2.45. The first kappa shape index (κ1) is 37.1. The van der Waals surface area contributed by atoms with Crippen LogP contribution < -0.4 is 5.32 Å². The van der Waals surface area contributed by atoms with Crippen molar-refractivity contribution in [3.8, 4) is 0 Å². The molecule has 0 aliphatic heterocycles. The van der Waals surface area contributed by atoms with Gasteiger partial charge < -0.3 is 15.5 Å². The van der Waals surface area contributed by atoms with Gasteiger partial charge in [-0.25, -0.2) is 0 Å². The summed E-state index contributed by atoms with van der Waals surface area (Å²) in [5.41, 5.74) is 0. The van der Waals surface area contributed by atoms with E-state index < -0.39 is 12.1 Å². The Hall–Kier alpha value is -0.870. The van der Waals surface area contributed by atoms with Gasteiger partial charge in [0.25, 0.3) is 0 Å². The van der Waals surface area contributed by atoms with Gasteiger partial charge in [0.2, 0.25) is 5.91 Å². The van der Waals surface area contributed by atoms with Crippen molar-refractivity contribution in [1.82, 2.24) is 5.32 Å². The number of hydrogen-bond acceptors (Lipinski definition) is 3. The summed E-state index contributed by atoms with van der Waals surface area (Å²) in [7, 11) is 0. The molecular formula is C34H67NO3. The largest absolute Gasteiger partial charge is 0.394 e. The van der Waals surface area contributed by atoms with Crippen molar-refractivity contribution in [3.05, 3.63) is 12.2 Å². The highest BCUT2D eigenvalue weighted by Gasteiger charge is 2.19. The molecule has 0 radical (unpaired) electrons. The van der Waals surface area contributed by atoms with Crippen LogP contribution in [0.1, 0.15) is 181 Å². The van der Waals surface area contributed by atoms with E-state index in [0.717, 1.165) is 25.7 Å². The number of carbonyl (C=O) groups excluding carboxylic acids is 1. The third kappa shape index (κ3) is 26.7. The molecule has 4 heteroatoms. The van der Waals surface area contributed by atoms with Crippen molar-refractivity contribution in [2.45, 2.75) is 193 Å². The van der Waals surface area contributed by atoms with Crippen LogP contribution in [0.15, 0.2) is 12.2 Å². The zero-order valence-electron chi connectivity index (χ0n) is 25.7. The number of allylic oxidation sites excluding steroid dienone is 2. The molecule has 1 amide bonds. The Morgan fingerprint density at radius 3 is 1.45 bits per heavy atom. The van der Waals surface area contributed by atoms with Gasteiger partial charge in [-0.15, -0.1) is 0 Å². The van der Waals surface area contributed by atoms with Crippen molar-refractivity contribution in [1.29, 1.82) is 0 Å². The number of aliphatic hydroxyl groups is 2. The van der Waals surface area contributed by atoms with Crippen molar-refractivity contribution in [3.63, 3.8) is 0 Å². The maximum absolute atomic E-state index is 12.2. The van der Waals surface area contributed by atoms with Crippen molar-refractivity contribution >= 4 is 5.91 Å². The summed E-state index contributed by atoms with van der Waals surface area (Å²) >= 11 is 0. The Kier molecular flexibility index (Phi) is 30.0. The molecule has 0 rings (SSSR count). The van der Waals surface area contributed by atoms with Crippen LogP contribution in [-0.2, 0) is 4.79 Å². The molecule has 0 saturated carbocycles. The zero-order chi connectivity index (χ0) is 27.9. The van der Waals surface area contributed by atoms with Gasteiger partial charge in [0, 0.05) is 6.42 Å². The van der Waals surface area contributed by atoms with E-state index in [2.05, 4.69) is 31.3 Å². The molecule has 0 heterocycles. The van der Waals surface area contributed by atoms with Gasteiger partial charge in [-0.1, -0.05) is 148 Å². The molecule has 38 heavy (non-hydrogen) atoms. The smallest absolute Gasteiger partial charge is 0.220 e. The van der Waals surface area contributed by atoms with E-state index in [4.69, 9.17) is 0 Å². The monoisotopic (exact) mass is 538 g/mol. The highest BCUT2D eigenvalue weighted by Crippen LogP contribution is 2.14. The van der Waals surface area contributed by atoms with E-state index in [1.165, 1.54) is 128 Å². The first-order valence-corrected chi connectivity index (χ1v) is 16.9. The van der Waals surface area contributed by atoms with Crippen LogP contribution in [0.5, 0.6) is 0 Å². The van der Waals surface area contributed by atoms with Crippen LogP contribution in [-0.4, -0.2) is 34.9 Å². The second-order valence-electron chi connectivity index (χ2n) is 11.6. The average Bonchev–Trinajstić information content (AvgIpc) is 2.92. The van der Waals surface area contributed by atoms with E-state index >= 15 is 0 Å². The molecule has 0 aliphatic rings.